The summed E-state index contributed by atoms with van der Waals surface area (Å²) < 4.78 is 21.3. The summed E-state index contributed by atoms with van der Waals surface area (Å²) in [7, 11) is 0. The highest BCUT2D eigenvalue weighted by molar-refractivity contribution is 4.91. The third-order valence-corrected chi connectivity index (χ3v) is 3.99. The first-order valence-corrected chi connectivity index (χ1v) is 7.76. The van der Waals surface area contributed by atoms with E-state index in [4.69, 9.17) is 24.1 Å². The van der Waals surface area contributed by atoms with E-state index in [1.165, 1.54) is 0 Å². The highest BCUT2D eigenvalue weighted by Gasteiger charge is 2.48. The molecule has 0 spiro atoms. The van der Waals surface area contributed by atoms with Gasteiger partial charge in [0.25, 0.3) is 0 Å². The number of rotatable bonds is 6. The molecular weight excluding hydrogens is 328 g/mol. The molecule has 2 fully saturated rings. The Morgan fingerprint density at radius 2 is 1.62 bits per heavy atom. The van der Waals surface area contributed by atoms with E-state index in [1.807, 2.05) is 0 Å². The molecule has 0 radical (unpaired) electrons. The molecule has 142 valence electrons. The van der Waals surface area contributed by atoms with Crippen molar-refractivity contribution in [1.29, 1.82) is 0 Å². The maximum atomic E-state index is 10.3. The summed E-state index contributed by atoms with van der Waals surface area (Å²) >= 11 is 0. The maximum absolute atomic E-state index is 10.3. The summed E-state index contributed by atoms with van der Waals surface area (Å²) in [6.07, 6.45) is -9.79. The zero-order valence-corrected chi connectivity index (χ0v) is 13.6. The molecule has 0 saturated carbocycles. The van der Waals surface area contributed by atoms with Crippen molar-refractivity contribution >= 4 is 0 Å². The first-order valence-electron chi connectivity index (χ1n) is 7.76. The molecule has 0 aromatic rings. The van der Waals surface area contributed by atoms with Gasteiger partial charge in [-0.1, -0.05) is 0 Å². The fraction of sp³-hybridized carbons (Fsp3) is 1.00. The van der Waals surface area contributed by atoms with Crippen molar-refractivity contribution in [3.63, 3.8) is 0 Å². The lowest BCUT2D eigenvalue weighted by Crippen LogP contribution is -2.54. The van der Waals surface area contributed by atoms with Crippen molar-refractivity contribution in [1.82, 2.24) is 0 Å². The van der Waals surface area contributed by atoms with E-state index in [0.29, 0.717) is 0 Å². The van der Waals surface area contributed by atoms with Gasteiger partial charge in [0, 0.05) is 0 Å². The highest BCUT2D eigenvalue weighted by Crippen LogP contribution is 2.32. The van der Waals surface area contributed by atoms with Crippen molar-refractivity contribution < 1.29 is 49.6 Å². The Labute approximate surface area is 139 Å². The molecule has 10 nitrogen and oxygen atoms in total. The van der Waals surface area contributed by atoms with Gasteiger partial charge in [-0.2, -0.15) is 0 Å². The number of aliphatic hydroxyl groups is 6. The van der Waals surface area contributed by atoms with Gasteiger partial charge in [-0.15, -0.1) is 0 Å². The average molecular weight is 354 g/mol. The topological polar surface area (TPSA) is 158 Å². The van der Waals surface area contributed by atoms with Crippen molar-refractivity contribution in [2.24, 2.45) is 0 Å². The summed E-state index contributed by atoms with van der Waals surface area (Å²) in [4.78, 5) is 0. The van der Waals surface area contributed by atoms with Gasteiger partial charge in [0.05, 0.1) is 19.8 Å². The van der Waals surface area contributed by atoms with Crippen molar-refractivity contribution in [3.05, 3.63) is 0 Å². The normalized spacial score (nSPS) is 42.0. The lowest BCUT2D eigenvalue weighted by molar-refractivity contribution is -0.277. The van der Waals surface area contributed by atoms with Gasteiger partial charge in [0.1, 0.15) is 42.7 Å². The second-order valence-corrected chi connectivity index (χ2v) is 6.47. The Kier molecular flexibility index (Phi) is 6.53. The monoisotopic (exact) mass is 354 g/mol. The van der Waals surface area contributed by atoms with E-state index >= 15 is 0 Å². The van der Waals surface area contributed by atoms with E-state index in [1.54, 1.807) is 13.8 Å². The molecule has 2 aliphatic rings. The molecule has 0 amide bonds. The zero-order valence-electron chi connectivity index (χ0n) is 13.6. The van der Waals surface area contributed by atoms with Crippen LogP contribution in [0.2, 0.25) is 0 Å². The molecule has 0 aromatic carbocycles. The quantitative estimate of drug-likeness (QED) is 0.285. The summed E-state index contributed by atoms with van der Waals surface area (Å²) in [5.41, 5.74) is 0. The first kappa shape index (κ1) is 19.9. The average Bonchev–Trinajstić information content (AvgIpc) is 2.87. The minimum atomic E-state index is -1.48. The van der Waals surface area contributed by atoms with Gasteiger partial charge in [0.15, 0.2) is 12.1 Å². The van der Waals surface area contributed by atoms with Crippen LogP contribution in [0.15, 0.2) is 0 Å². The second kappa shape index (κ2) is 7.87. The van der Waals surface area contributed by atoms with Crippen LogP contribution in [0.25, 0.3) is 0 Å². The Morgan fingerprint density at radius 1 is 1.04 bits per heavy atom. The van der Waals surface area contributed by atoms with E-state index in [0.717, 1.165) is 0 Å². The van der Waals surface area contributed by atoms with Gasteiger partial charge in [-0.25, -0.2) is 0 Å². The molecule has 0 unspecified atom stereocenters. The van der Waals surface area contributed by atoms with Crippen LogP contribution < -0.4 is 0 Å². The second-order valence-electron chi connectivity index (χ2n) is 6.47. The van der Waals surface area contributed by atoms with Crippen LogP contribution in [-0.4, -0.2) is 105 Å². The number of hydrogen-bond donors (Lipinski definition) is 6. The Balaban J connectivity index is 1.92. The smallest absolute Gasteiger partial charge is 0.186 e. The van der Waals surface area contributed by atoms with Crippen LogP contribution in [0.1, 0.15) is 13.8 Å². The number of ether oxygens (including phenoxy) is 4. The van der Waals surface area contributed by atoms with Gasteiger partial charge in [0.2, 0.25) is 0 Å². The molecule has 2 saturated heterocycles. The van der Waals surface area contributed by atoms with E-state index in [9.17, 15) is 25.5 Å². The Hall–Kier alpha value is -0.400. The van der Waals surface area contributed by atoms with Crippen molar-refractivity contribution in [2.45, 2.75) is 68.7 Å². The fourth-order valence-electron chi connectivity index (χ4n) is 2.73. The summed E-state index contributed by atoms with van der Waals surface area (Å²) in [5, 5.41) is 57.9. The molecule has 2 aliphatic heterocycles. The standard InChI is InChI=1S/C14H26O10/c1-14(2)23-11(6(16)3-15)12(24-14)8(18)5-22-13-10(20)9(19)7(17)4-21-13/h6-13,15-20H,3-5H2,1-2H3/t6-,7-,8-,9+,10-,11-,12-,13+/m1/s1. The van der Waals surface area contributed by atoms with E-state index < -0.39 is 61.4 Å². The lowest BCUT2D eigenvalue weighted by atomic mass is 10.0. The Bertz CT molecular complexity index is 405. The summed E-state index contributed by atoms with van der Waals surface area (Å²) in [5.74, 6) is -1.06. The Morgan fingerprint density at radius 3 is 2.21 bits per heavy atom. The van der Waals surface area contributed by atoms with Crippen LogP contribution in [0.5, 0.6) is 0 Å². The maximum Gasteiger partial charge on any atom is 0.186 e. The predicted octanol–water partition coefficient (Wildman–Crippen LogP) is -3.32. The SMILES string of the molecule is CC1(C)O[C@H]([C@H](O)CO)[C@@H]([C@H](O)CO[C@@H]2OC[C@@H](O)[C@H](O)[C@H]2O)O1. The van der Waals surface area contributed by atoms with Crippen LogP contribution in [0, 0.1) is 0 Å². The summed E-state index contributed by atoms with van der Waals surface area (Å²) in [6, 6.07) is 0. The van der Waals surface area contributed by atoms with Crippen LogP contribution in [0.4, 0.5) is 0 Å². The molecular formula is C14H26O10. The minimum absolute atomic E-state index is 0.221. The first-order chi connectivity index (χ1) is 11.2. The van der Waals surface area contributed by atoms with Crippen molar-refractivity contribution in [2.75, 3.05) is 19.8 Å². The van der Waals surface area contributed by atoms with Gasteiger partial charge < -0.3 is 49.6 Å². The third kappa shape index (κ3) is 4.41. The molecule has 0 aliphatic carbocycles. The van der Waals surface area contributed by atoms with E-state index in [-0.39, 0.29) is 13.2 Å². The fourth-order valence-corrected chi connectivity index (χ4v) is 2.73. The number of aliphatic hydroxyl groups excluding tert-OH is 6. The molecule has 24 heavy (non-hydrogen) atoms. The van der Waals surface area contributed by atoms with Crippen LogP contribution in [0.3, 0.4) is 0 Å². The summed E-state index contributed by atoms with van der Waals surface area (Å²) in [6.45, 7) is 2.07. The predicted molar refractivity (Wildman–Crippen MR) is 76.6 cm³/mol. The molecule has 6 N–H and O–H groups in total. The van der Waals surface area contributed by atoms with Crippen LogP contribution in [-0.2, 0) is 18.9 Å². The molecule has 0 bridgehead atoms. The molecule has 8 atom stereocenters. The van der Waals surface area contributed by atoms with E-state index in [2.05, 4.69) is 0 Å². The van der Waals surface area contributed by atoms with Gasteiger partial charge >= 0.3 is 0 Å². The van der Waals surface area contributed by atoms with Gasteiger partial charge in [-0.05, 0) is 13.8 Å². The molecule has 0 aromatic heterocycles. The number of hydrogen-bond acceptors (Lipinski definition) is 10. The molecule has 2 rings (SSSR count). The van der Waals surface area contributed by atoms with Crippen LogP contribution >= 0.6 is 0 Å². The largest absolute Gasteiger partial charge is 0.394 e. The molecule has 10 heteroatoms. The van der Waals surface area contributed by atoms with Gasteiger partial charge in [-0.3, -0.25) is 0 Å². The zero-order chi connectivity index (χ0) is 18.1. The lowest BCUT2D eigenvalue weighted by Gasteiger charge is -2.35. The van der Waals surface area contributed by atoms with Crippen molar-refractivity contribution in [3.8, 4) is 0 Å². The highest BCUT2D eigenvalue weighted by atomic mass is 16.8. The molecule has 2 heterocycles. The third-order valence-electron chi connectivity index (χ3n) is 3.99. The minimum Gasteiger partial charge on any atom is -0.394 e.